The van der Waals surface area contributed by atoms with Gasteiger partial charge in [-0.1, -0.05) is 49.4 Å². The van der Waals surface area contributed by atoms with Crippen LogP contribution in [0.15, 0.2) is 42.5 Å². The molecule has 2 N–H and O–H groups in total. The van der Waals surface area contributed by atoms with Crippen molar-refractivity contribution in [3.63, 3.8) is 0 Å². The molecule has 1 atom stereocenters. The summed E-state index contributed by atoms with van der Waals surface area (Å²) in [7, 11) is 4.01. The highest BCUT2D eigenvalue weighted by Gasteiger charge is 2.25. The Morgan fingerprint density at radius 2 is 1.82 bits per heavy atom. The van der Waals surface area contributed by atoms with E-state index < -0.39 is 17.9 Å². The Morgan fingerprint density at radius 3 is 2.44 bits per heavy atom. The van der Waals surface area contributed by atoms with Crippen LogP contribution in [0.1, 0.15) is 43.1 Å². The van der Waals surface area contributed by atoms with Crippen molar-refractivity contribution < 1.29 is 24.2 Å². The van der Waals surface area contributed by atoms with Crippen LogP contribution in [0, 0.1) is 0 Å². The molecule has 190 valence electrons. The first kappa shape index (κ1) is 31.5. The molecule has 0 aliphatic rings. The molecule has 34 heavy (non-hydrogen) atoms. The molecular weight excluding hydrogens is 479 g/mol. The summed E-state index contributed by atoms with van der Waals surface area (Å²) >= 11 is 6.27. The minimum absolute atomic E-state index is 0. The number of rotatable bonds is 12. The summed E-state index contributed by atoms with van der Waals surface area (Å²) in [5, 5.41) is 13.2. The second-order valence-electron chi connectivity index (χ2n) is 7.63. The van der Waals surface area contributed by atoms with Crippen LogP contribution in [0.25, 0.3) is 0 Å². The van der Waals surface area contributed by atoms with Crippen molar-refractivity contribution in [1.29, 1.82) is 0 Å². The average Bonchev–Trinajstić information content (AvgIpc) is 2.75. The second-order valence-corrected chi connectivity index (χ2v) is 8.03. The van der Waals surface area contributed by atoms with Gasteiger partial charge in [-0.05, 0) is 52.0 Å². The molecule has 0 heterocycles. The average molecular weight is 515 g/mol. The van der Waals surface area contributed by atoms with Crippen molar-refractivity contribution in [3.8, 4) is 11.5 Å². The first-order chi connectivity index (χ1) is 15.3. The van der Waals surface area contributed by atoms with Gasteiger partial charge in [0.05, 0.1) is 23.8 Å². The van der Waals surface area contributed by atoms with Crippen LogP contribution in [0.5, 0.6) is 11.5 Å². The molecule has 0 aliphatic carbocycles. The quantitative estimate of drug-likeness (QED) is 0.314. The monoisotopic (exact) mass is 514 g/mol. The number of esters is 1. The molecule has 2 rings (SSSR count). The largest absolute Gasteiger partial charge is 0.507 e. The third-order valence-electron chi connectivity index (χ3n) is 4.71. The van der Waals surface area contributed by atoms with Crippen LogP contribution in [0.3, 0.4) is 0 Å². The third kappa shape index (κ3) is 10.2. The number of nitrogens with one attached hydrogen (secondary N) is 1. The summed E-state index contributed by atoms with van der Waals surface area (Å²) in [6.07, 6.45) is 2.06. The number of aromatic hydroxyl groups is 1. The van der Waals surface area contributed by atoms with Crippen molar-refractivity contribution in [2.24, 2.45) is 0 Å². The number of nitrogens with zero attached hydrogens (tertiary/aromatic N) is 1. The number of ether oxygens (including phenoxy) is 2. The van der Waals surface area contributed by atoms with Gasteiger partial charge in [0.1, 0.15) is 17.5 Å². The molecule has 7 nitrogen and oxygen atoms in total. The van der Waals surface area contributed by atoms with Crippen LogP contribution in [0.4, 0.5) is 0 Å². The summed E-state index contributed by atoms with van der Waals surface area (Å²) in [5.41, 5.74) is 0.823. The van der Waals surface area contributed by atoms with Crippen molar-refractivity contribution in [2.75, 3.05) is 33.9 Å². The Hall–Kier alpha value is -2.48. The molecule has 0 fully saturated rings. The van der Waals surface area contributed by atoms with Crippen LogP contribution in [-0.4, -0.2) is 61.8 Å². The number of hydrogen-bond acceptors (Lipinski definition) is 6. The molecule has 2 aromatic carbocycles. The van der Waals surface area contributed by atoms with Crippen molar-refractivity contribution in [2.45, 2.75) is 39.7 Å². The summed E-state index contributed by atoms with van der Waals surface area (Å²) in [5.74, 6) is -1.15. The summed E-state index contributed by atoms with van der Waals surface area (Å²) in [4.78, 5) is 27.3. The number of benzene rings is 2. The zero-order valence-corrected chi connectivity index (χ0v) is 20.7. The van der Waals surface area contributed by atoms with Crippen LogP contribution in [0.2, 0.25) is 5.02 Å². The maximum atomic E-state index is 12.8. The predicted octanol–water partition coefficient (Wildman–Crippen LogP) is 4.73. The second kappa shape index (κ2) is 16.2. The molecule has 0 saturated carbocycles. The fourth-order valence-corrected chi connectivity index (χ4v) is 3.29. The van der Waals surface area contributed by atoms with Gasteiger partial charge in [-0.3, -0.25) is 4.79 Å². The zero-order valence-electron chi connectivity index (χ0n) is 19.2. The van der Waals surface area contributed by atoms with Gasteiger partial charge in [-0.15, -0.1) is 12.4 Å². The van der Waals surface area contributed by atoms with Gasteiger partial charge < -0.3 is 24.8 Å². The first-order valence-electron chi connectivity index (χ1n) is 10.6. The molecule has 0 unspecified atom stereocenters. The van der Waals surface area contributed by atoms with E-state index in [1.165, 1.54) is 12.1 Å². The van der Waals surface area contributed by atoms with Gasteiger partial charge in [0.15, 0.2) is 0 Å². The van der Waals surface area contributed by atoms with E-state index in [0.29, 0.717) is 12.4 Å². The number of amides is 1. The molecule has 9 heteroatoms. The van der Waals surface area contributed by atoms with Gasteiger partial charge >= 0.3 is 5.97 Å². The van der Waals surface area contributed by atoms with E-state index in [9.17, 15) is 14.7 Å². The van der Waals surface area contributed by atoms with Gasteiger partial charge in [0.2, 0.25) is 0 Å². The normalized spacial score (nSPS) is 11.1. The highest BCUT2D eigenvalue weighted by molar-refractivity contribution is 6.32. The van der Waals surface area contributed by atoms with Gasteiger partial charge in [-0.25, -0.2) is 4.79 Å². The number of hydrogen-bond donors (Lipinski definition) is 2. The van der Waals surface area contributed by atoms with Gasteiger partial charge in [0.25, 0.3) is 5.91 Å². The molecule has 1 amide bonds. The zero-order chi connectivity index (χ0) is 23.5. The molecule has 0 bridgehead atoms. The smallest absolute Gasteiger partial charge is 0.328 e. The Labute approximate surface area is 213 Å². The van der Waals surface area contributed by atoms with Crippen LogP contribution in [-0.2, 0) is 16.0 Å². The lowest BCUT2D eigenvalue weighted by Gasteiger charge is -2.18. The number of unbranched alkanes of at least 4 members (excludes halogenated alkanes) is 1. The van der Waals surface area contributed by atoms with Crippen LogP contribution < -0.4 is 10.1 Å². The summed E-state index contributed by atoms with van der Waals surface area (Å²) in [6, 6.07) is 11.0. The first-order valence-corrected chi connectivity index (χ1v) is 11.0. The minimum Gasteiger partial charge on any atom is -0.507 e. The molecule has 0 aliphatic heterocycles. The van der Waals surface area contributed by atoms with E-state index in [4.69, 9.17) is 21.1 Å². The Morgan fingerprint density at radius 1 is 1.15 bits per heavy atom. The van der Waals surface area contributed by atoms with Crippen LogP contribution >= 0.6 is 24.0 Å². The number of phenolic OH excluding ortho intramolecular Hbond substituents is 1. The van der Waals surface area contributed by atoms with E-state index >= 15 is 0 Å². The standard InChI is InChI=1S/C24H31ClN2O5.CH4.ClH/c1-4-31-24(30)20(14-17-10-6-5-7-11-17)26-23(29)18-15-19(25)22(16-21(18)28)32-13-9-8-12-27(2)3;;/h5-7,10-11,15-16,20,28H,4,8-9,12-14H2,1-3H3,(H,26,29);1H4;1H/t20-;;/m1../s1. The SMILES string of the molecule is C.CCOC(=O)[C@@H](Cc1ccccc1)NC(=O)c1cc(Cl)c(OCCCCN(C)C)cc1O.Cl. The molecule has 0 aromatic heterocycles. The lowest BCUT2D eigenvalue weighted by atomic mass is 10.1. The van der Waals surface area contributed by atoms with E-state index in [1.807, 2.05) is 44.4 Å². The van der Waals surface area contributed by atoms with E-state index in [0.717, 1.165) is 24.9 Å². The Kier molecular flexibility index (Phi) is 15.0. The number of carbonyl (C=O) groups excluding carboxylic acids is 2. The molecule has 0 saturated heterocycles. The topological polar surface area (TPSA) is 88.1 Å². The van der Waals surface area contributed by atoms with E-state index in [1.54, 1.807) is 6.92 Å². The predicted molar refractivity (Wildman–Crippen MR) is 138 cm³/mol. The highest BCUT2D eigenvalue weighted by atomic mass is 35.5. The van der Waals surface area contributed by atoms with Gasteiger partial charge in [-0.2, -0.15) is 0 Å². The van der Waals surface area contributed by atoms with Crippen molar-refractivity contribution in [3.05, 3.63) is 58.6 Å². The fourth-order valence-electron chi connectivity index (χ4n) is 3.07. The van der Waals surface area contributed by atoms with E-state index in [-0.39, 0.29) is 49.2 Å². The molecule has 2 aromatic rings. The highest BCUT2D eigenvalue weighted by Crippen LogP contribution is 2.32. The van der Waals surface area contributed by atoms with E-state index in [2.05, 4.69) is 10.2 Å². The minimum atomic E-state index is -0.907. The number of halogens is 2. The summed E-state index contributed by atoms with van der Waals surface area (Å²) < 4.78 is 10.7. The lowest BCUT2D eigenvalue weighted by Crippen LogP contribution is -2.43. The summed E-state index contributed by atoms with van der Waals surface area (Å²) in [6.45, 7) is 3.29. The maximum absolute atomic E-state index is 12.8. The Balaban J connectivity index is 0.00000544. The molecule has 0 radical (unpaired) electrons. The Bertz CT molecular complexity index is 894. The maximum Gasteiger partial charge on any atom is 0.328 e. The third-order valence-corrected chi connectivity index (χ3v) is 5.01. The number of phenols is 1. The van der Waals surface area contributed by atoms with Crippen molar-refractivity contribution >= 4 is 35.9 Å². The van der Waals surface area contributed by atoms with Crippen molar-refractivity contribution in [1.82, 2.24) is 10.2 Å². The number of carbonyl (C=O) groups is 2. The molecular formula is C25H36Cl2N2O5. The fraction of sp³-hybridized carbons (Fsp3) is 0.440. The lowest BCUT2D eigenvalue weighted by molar-refractivity contribution is -0.145. The van der Waals surface area contributed by atoms with Gasteiger partial charge in [0, 0.05) is 12.5 Å². The molecule has 0 spiro atoms.